The summed E-state index contributed by atoms with van der Waals surface area (Å²) >= 11 is 0. The molecule has 2 heterocycles. The largest absolute Gasteiger partial charge is 0.507 e. The van der Waals surface area contributed by atoms with E-state index in [9.17, 15) is 14.3 Å². The third-order valence-corrected chi connectivity index (χ3v) is 4.59. The van der Waals surface area contributed by atoms with Crippen LogP contribution in [0.2, 0.25) is 0 Å². The molecular weight excluding hydrogens is 337 g/mol. The Morgan fingerprint density at radius 2 is 2.00 bits per heavy atom. The highest BCUT2D eigenvalue weighted by molar-refractivity contribution is 5.97. The molecule has 1 N–H and O–H groups in total. The molecule has 0 unspecified atom stereocenters. The average Bonchev–Trinajstić information content (AvgIpc) is 3.34. The summed E-state index contributed by atoms with van der Waals surface area (Å²) in [6.07, 6.45) is 3.07. The molecule has 1 aromatic heterocycles. The fraction of sp³-hybridized carbons (Fsp3) is 0.222. The number of aromatic nitrogens is 4. The van der Waals surface area contributed by atoms with Crippen LogP contribution in [0.15, 0.2) is 48.8 Å². The molecule has 2 aromatic carbocycles. The van der Waals surface area contributed by atoms with Crippen molar-refractivity contribution < 1.29 is 14.3 Å². The smallest absolute Gasteiger partial charge is 0.258 e. The van der Waals surface area contributed by atoms with Crippen molar-refractivity contribution in [3.05, 3.63) is 65.7 Å². The highest BCUT2D eigenvalue weighted by atomic mass is 19.1. The number of hydrogen-bond acceptors (Lipinski definition) is 5. The monoisotopic (exact) mass is 353 g/mol. The minimum Gasteiger partial charge on any atom is -0.507 e. The lowest BCUT2D eigenvalue weighted by atomic mass is 10.0. The average molecular weight is 353 g/mol. The molecule has 26 heavy (non-hydrogen) atoms. The van der Waals surface area contributed by atoms with Crippen LogP contribution in [0.5, 0.6) is 5.75 Å². The normalized spacial score (nSPS) is 16.8. The van der Waals surface area contributed by atoms with Gasteiger partial charge in [-0.05, 0) is 53.1 Å². The second-order valence-corrected chi connectivity index (χ2v) is 6.16. The number of aromatic hydroxyl groups is 1. The number of benzene rings is 2. The van der Waals surface area contributed by atoms with Gasteiger partial charge in [-0.2, -0.15) is 0 Å². The van der Waals surface area contributed by atoms with Crippen LogP contribution in [0.25, 0.3) is 5.69 Å². The van der Waals surface area contributed by atoms with E-state index in [4.69, 9.17) is 0 Å². The van der Waals surface area contributed by atoms with Crippen LogP contribution >= 0.6 is 0 Å². The number of amides is 1. The van der Waals surface area contributed by atoms with E-state index in [1.807, 2.05) is 0 Å². The first kappa shape index (κ1) is 16.2. The Hall–Kier alpha value is -3.29. The van der Waals surface area contributed by atoms with Gasteiger partial charge in [0.05, 0.1) is 17.3 Å². The van der Waals surface area contributed by atoms with E-state index in [0.29, 0.717) is 12.2 Å². The number of tetrazole rings is 1. The Balaban J connectivity index is 1.61. The topological polar surface area (TPSA) is 84.1 Å². The summed E-state index contributed by atoms with van der Waals surface area (Å²) in [4.78, 5) is 14.7. The van der Waals surface area contributed by atoms with E-state index in [0.717, 1.165) is 18.4 Å². The number of carbonyl (C=O) groups excluding carboxylic acids is 1. The Morgan fingerprint density at radius 3 is 2.69 bits per heavy atom. The van der Waals surface area contributed by atoms with Crippen molar-refractivity contribution in [3.63, 3.8) is 0 Å². The zero-order valence-corrected chi connectivity index (χ0v) is 13.8. The van der Waals surface area contributed by atoms with E-state index in [1.165, 1.54) is 29.2 Å². The van der Waals surface area contributed by atoms with Crippen molar-refractivity contribution in [2.75, 3.05) is 6.54 Å². The lowest BCUT2D eigenvalue weighted by Gasteiger charge is -2.25. The second kappa shape index (κ2) is 6.55. The van der Waals surface area contributed by atoms with Gasteiger partial charge in [-0.3, -0.25) is 4.79 Å². The SMILES string of the molecule is O=C(c1ccc(-n2cnnn2)cc1O)N1CCC[C@@H]1c1ccc(F)cc1. The number of hydrogen-bond donors (Lipinski definition) is 1. The molecule has 3 aromatic rings. The van der Waals surface area contributed by atoms with Crippen LogP contribution in [0.4, 0.5) is 4.39 Å². The molecule has 1 fully saturated rings. The van der Waals surface area contributed by atoms with Crippen molar-refractivity contribution in [3.8, 4) is 11.4 Å². The molecule has 1 aliphatic heterocycles. The number of halogens is 1. The van der Waals surface area contributed by atoms with Crippen molar-refractivity contribution >= 4 is 5.91 Å². The second-order valence-electron chi connectivity index (χ2n) is 6.16. The summed E-state index contributed by atoms with van der Waals surface area (Å²) < 4.78 is 14.6. The molecule has 1 saturated heterocycles. The lowest BCUT2D eigenvalue weighted by molar-refractivity contribution is 0.0732. The van der Waals surface area contributed by atoms with Gasteiger partial charge in [0.2, 0.25) is 0 Å². The molecule has 0 spiro atoms. The van der Waals surface area contributed by atoms with Gasteiger partial charge in [0, 0.05) is 12.6 Å². The van der Waals surface area contributed by atoms with Crippen LogP contribution in [0.1, 0.15) is 34.8 Å². The first-order valence-electron chi connectivity index (χ1n) is 8.26. The molecule has 1 aliphatic rings. The Kier molecular flexibility index (Phi) is 4.08. The molecule has 7 nitrogen and oxygen atoms in total. The van der Waals surface area contributed by atoms with E-state index in [2.05, 4.69) is 15.5 Å². The van der Waals surface area contributed by atoms with Crippen molar-refractivity contribution in [2.24, 2.45) is 0 Å². The molecule has 132 valence electrons. The summed E-state index contributed by atoms with van der Waals surface area (Å²) in [6, 6.07) is 10.8. The third-order valence-electron chi connectivity index (χ3n) is 4.59. The Bertz CT molecular complexity index is 927. The summed E-state index contributed by atoms with van der Waals surface area (Å²) in [5.41, 5.74) is 1.67. The van der Waals surface area contributed by atoms with Gasteiger partial charge in [0.1, 0.15) is 17.9 Å². The number of phenolic OH excluding ortho intramolecular Hbond substituents is 1. The quantitative estimate of drug-likeness (QED) is 0.782. The zero-order chi connectivity index (χ0) is 18.1. The van der Waals surface area contributed by atoms with Crippen LogP contribution < -0.4 is 0 Å². The molecule has 8 heteroatoms. The maximum Gasteiger partial charge on any atom is 0.258 e. The van der Waals surface area contributed by atoms with Crippen molar-refractivity contribution in [2.45, 2.75) is 18.9 Å². The zero-order valence-electron chi connectivity index (χ0n) is 13.8. The van der Waals surface area contributed by atoms with Gasteiger partial charge in [0.25, 0.3) is 5.91 Å². The lowest BCUT2D eigenvalue weighted by Crippen LogP contribution is -2.30. The van der Waals surface area contributed by atoms with E-state index >= 15 is 0 Å². The van der Waals surface area contributed by atoms with Gasteiger partial charge in [-0.15, -0.1) is 5.10 Å². The van der Waals surface area contributed by atoms with Gasteiger partial charge < -0.3 is 10.0 Å². The molecule has 4 rings (SSSR count). The summed E-state index contributed by atoms with van der Waals surface area (Å²) in [7, 11) is 0. The maximum absolute atomic E-state index is 13.2. The first-order valence-corrected chi connectivity index (χ1v) is 8.26. The van der Waals surface area contributed by atoms with Crippen LogP contribution in [0.3, 0.4) is 0 Å². The van der Waals surface area contributed by atoms with Gasteiger partial charge in [-0.25, -0.2) is 9.07 Å². The Morgan fingerprint density at radius 1 is 1.19 bits per heavy atom. The van der Waals surface area contributed by atoms with E-state index in [1.54, 1.807) is 29.2 Å². The molecule has 0 bridgehead atoms. The van der Waals surface area contributed by atoms with Crippen LogP contribution in [-0.4, -0.2) is 42.7 Å². The highest BCUT2D eigenvalue weighted by Gasteiger charge is 2.31. The van der Waals surface area contributed by atoms with Crippen molar-refractivity contribution in [1.82, 2.24) is 25.1 Å². The minimum atomic E-state index is -0.305. The van der Waals surface area contributed by atoms with Gasteiger partial charge >= 0.3 is 0 Å². The third kappa shape index (κ3) is 2.90. The predicted molar refractivity (Wildman–Crippen MR) is 90.2 cm³/mol. The molecule has 0 aliphatic carbocycles. The number of phenols is 1. The Labute approximate surface area is 148 Å². The number of nitrogens with zero attached hydrogens (tertiary/aromatic N) is 5. The van der Waals surface area contributed by atoms with E-state index in [-0.39, 0.29) is 29.1 Å². The van der Waals surface area contributed by atoms with E-state index < -0.39 is 0 Å². The maximum atomic E-state index is 13.2. The fourth-order valence-corrected chi connectivity index (χ4v) is 3.32. The van der Waals surface area contributed by atoms with Gasteiger partial charge in [-0.1, -0.05) is 12.1 Å². The van der Waals surface area contributed by atoms with Gasteiger partial charge in [0.15, 0.2) is 0 Å². The molecule has 1 atom stereocenters. The molecule has 1 amide bonds. The number of rotatable bonds is 3. The fourth-order valence-electron chi connectivity index (χ4n) is 3.32. The first-order chi connectivity index (χ1) is 12.6. The van der Waals surface area contributed by atoms with Crippen LogP contribution in [-0.2, 0) is 0 Å². The summed E-state index contributed by atoms with van der Waals surface area (Å²) in [6.45, 7) is 0.592. The summed E-state index contributed by atoms with van der Waals surface area (Å²) in [5.74, 6) is -0.689. The molecule has 0 saturated carbocycles. The minimum absolute atomic E-state index is 0.123. The molecular formula is C18H16FN5O2. The van der Waals surface area contributed by atoms with Crippen molar-refractivity contribution in [1.29, 1.82) is 0 Å². The standard InChI is InChI=1S/C18H16FN5O2/c19-13-5-3-12(4-6-13)16-2-1-9-23(16)18(26)15-8-7-14(10-17(15)25)24-11-20-21-22-24/h3-8,10-11,16,25H,1-2,9H2/t16-/m1/s1. The van der Waals surface area contributed by atoms with Crippen LogP contribution in [0, 0.1) is 5.82 Å². The number of likely N-dealkylation sites (tertiary alicyclic amines) is 1. The summed E-state index contributed by atoms with van der Waals surface area (Å²) in [5, 5.41) is 21.2. The molecule has 0 radical (unpaired) electrons. The highest BCUT2D eigenvalue weighted by Crippen LogP contribution is 2.34. The predicted octanol–water partition coefficient (Wildman–Crippen LogP) is 2.48. The number of carbonyl (C=O) groups is 1.